The number of anilines is 1. The number of benzene rings is 1. The molecule has 2 fully saturated rings. The number of piperazine rings is 1. The monoisotopic (exact) mass is 629 g/mol. The Kier molecular flexibility index (Phi) is 12.1. The van der Waals surface area contributed by atoms with Crippen molar-refractivity contribution in [3.63, 3.8) is 0 Å². The first kappa shape index (κ1) is 34.9. The number of aliphatic hydroxyl groups is 1. The van der Waals surface area contributed by atoms with Gasteiger partial charge in [-0.05, 0) is 81.9 Å². The highest BCUT2D eigenvalue weighted by atomic mass is 19.1. The zero-order valence-corrected chi connectivity index (χ0v) is 27.8. The van der Waals surface area contributed by atoms with Crippen molar-refractivity contribution in [3.05, 3.63) is 47.3 Å². The molecule has 0 saturated carbocycles. The van der Waals surface area contributed by atoms with Crippen LogP contribution in [-0.4, -0.2) is 103 Å². The van der Waals surface area contributed by atoms with Crippen molar-refractivity contribution < 1.29 is 33.3 Å². The summed E-state index contributed by atoms with van der Waals surface area (Å²) in [5.41, 5.74) is 2.23. The fourth-order valence-electron chi connectivity index (χ4n) is 6.23. The molecule has 1 N–H and O–H groups in total. The lowest BCUT2D eigenvalue weighted by molar-refractivity contribution is -0.151. The molecule has 0 spiro atoms. The van der Waals surface area contributed by atoms with Gasteiger partial charge in [-0.1, -0.05) is 26.0 Å². The van der Waals surface area contributed by atoms with E-state index in [1.54, 1.807) is 4.90 Å². The van der Waals surface area contributed by atoms with Crippen molar-refractivity contribution >= 4 is 23.8 Å². The van der Waals surface area contributed by atoms with E-state index < -0.39 is 24.3 Å². The Bertz CT molecular complexity index is 1220. The number of hydrogen-bond donors (Lipinski definition) is 1. The molecule has 0 radical (unpaired) electrons. The van der Waals surface area contributed by atoms with Crippen LogP contribution in [0.25, 0.3) is 6.08 Å². The van der Waals surface area contributed by atoms with Gasteiger partial charge in [0.05, 0.1) is 25.7 Å². The van der Waals surface area contributed by atoms with Crippen LogP contribution in [0, 0.1) is 17.7 Å². The number of aliphatic hydroxyl groups excluding tert-OH is 1. The number of ether oxygens (including phenoxy) is 3. The second-order valence-corrected chi connectivity index (χ2v) is 13.8. The fourth-order valence-corrected chi connectivity index (χ4v) is 6.23. The van der Waals surface area contributed by atoms with Crippen LogP contribution in [-0.2, 0) is 19.0 Å². The Balaban J connectivity index is 1.53. The molecule has 3 aliphatic heterocycles. The number of carbonyl (C=O) groups excluding carboxylic acids is 2. The lowest BCUT2D eigenvalue weighted by atomic mass is 9.91. The first-order valence-corrected chi connectivity index (χ1v) is 16.4. The Morgan fingerprint density at radius 3 is 2.38 bits per heavy atom. The number of morpholine rings is 1. The second-order valence-electron chi connectivity index (χ2n) is 13.8. The van der Waals surface area contributed by atoms with Crippen LogP contribution in [0.1, 0.15) is 66.4 Å². The molecule has 3 aliphatic rings. The average molecular weight is 630 g/mol. The van der Waals surface area contributed by atoms with E-state index in [1.165, 1.54) is 12.1 Å². The number of amides is 1. The van der Waals surface area contributed by atoms with Gasteiger partial charge in [0.25, 0.3) is 0 Å². The molecule has 250 valence electrons. The van der Waals surface area contributed by atoms with E-state index in [4.69, 9.17) is 14.2 Å². The van der Waals surface area contributed by atoms with Crippen LogP contribution in [0.3, 0.4) is 0 Å². The minimum Gasteiger partial charge on any atom is -0.457 e. The van der Waals surface area contributed by atoms with Crippen molar-refractivity contribution in [2.45, 2.75) is 84.7 Å². The summed E-state index contributed by atoms with van der Waals surface area (Å²) in [6, 6.07) is 4.92. The molecule has 5 atom stereocenters. The Hall–Kier alpha value is -2.95. The first-order chi connectivity index (χ1) is 21.3. The highest BCUT2D eigenvalue weighted by Gasteiger charge is 2.31. The van der Waals surface area contributed by atoms with Gasteiger partial charge < -0.3 is 29.1 Å². The predicted octanol–water partition coefficient (Wildman–Crippen LogP) is 5.27. The van der Waals surface area contributed by atoms with Crippen LogP contribution in [0.4, 0.5) is 14.9 Å². The van der Waals surface area contributed by atoms with E-state index in [-0.39, 0.29) is 35.7 Å². The molecule has 9 nitrogen and oxygen atoms in total. The van der Waals surface area contributed by atoms with Crippen LogP contribution in [0.5, 0.6) is 0 Å². The summed E-state index contributed by atoms with van der Waals surface area (Å²) in [5, 5.41) is 10.6. The quantitative estimate of drug-likeness (QED) is 0.356. The molecule has 2 saturated heterocycles. The standard InChI is InChI=1S/C35H52FN3O6/c1-24-7-9-30(40)23-32(41)45-33(26(3)19-27-20-28(36)22-29(21-27)37-15-17-43-18-16-37)25(2)8-10-31(24)44-34(42)38-11-13-39(14-12-38)35(4,5)6/h8,10,19-22,24-25,30-31,33,40H,7,9,11-18,23H2,1-6H3/b10-8+,26-19+/t24-,25-,30+,31-,33-/m0/s1. The molecule has 4 rings (SSSR count). The van der Waals surface area contributed by atoms with Crippen LogP contribution >= 0.6 is 0 Å². The predicted molar refractivity (Wildman–Crippen MR) is 173 cm³/mol. The second kappa shape index (κ2) is 15.6. The number of halogens is 1. The SMILES string of the molecule is C/C(=C\c1cc(F)cc(N2CCOCC2)c1)[C@H]1OC(=O)C[C@H](O)CC[C@H](C)[C@@H](OC(=O)N2CCN(C(C)(C)C)CC2)/C=C/[C@@H]1C. The molecule has 1 aromatic carbocycles. The zero-order valence-electron chi connectivity index (χ0n) is 27.8. The summed E-state index contributed by atoms with van der Waals surface area (Å²) in [7, 11) is 0. The zero-order chi connectivity index (χ0) is 32.7. The van der Waals surface area contributed by atoms with Crippen LogP contribution in [0.2, 0.25) is 0 Å². The fraction of sp³-hybridized carbons (Fsp3) is 0.657. The maximum Gasteiger partial charge on any atom is 0.410 e. The summed E-state index contributed by atoms with van der Waals surface area (Å²) in [5.74, 6) is -1.18. The van der Waals surface area contributed by atoms with Crippen molar-refractivity contribution in [1.82, 2.24) is 9.80 Å². The molecular formula is C35H52FN3O6. The van der Waals surface area contributed by atoms with Gasteiger partial charge in [-0.15, -0.1) is 0 Å². The Morgan fingerprint density at radius 2 is 1.71 bits per heavy atom. The van der Waals surface area contributed by atoms with Gasteiger partial charge in [-0.3, -0.25) is 9.69 Å². The normalized spacial score (nSPS) is 28.9. The molecule has 10 heteroatoms. The molecule has 0 unspecified atom stereocenters. The maximum atomic E-state index is 14.7. The van der Waals surface area contributed by atoms with Gasteiger partial charge in [0.15, 0.2) is 0 Å². The summed E-state index contributed by atoms with van der Waals surface area (Å²) >= 11 is 0. The number of rotatable bonds is 4. The minimum absolute atomic E-state index is 0.0457. The molecule has 0 aromatic heterocycles. The number of cyclic esters (lactones) is 1. The topological polar surface area (TPSA) is 91.8 Å². The number of esters is 1. The van der Waals surface area contributed by atoms with Crippen molar-refractivity contribution in [3.8, 4) is 0 Å². The van der Waals surface area contributed by atoms with Gasteiger partial charge in [0, 0.05) is 56.4 Å². The Labute approximate surface area is 268 Å². The summed E-state index contributed by atoms with van der Waals surface area (Å²) in [6.07, 6.45) is 4.12. The number of nitrogens with zero attached hydrogens (tertiary/aromatic N) is 3. The summed E-state index contributed by atoms with van der Waals surface area (Å²) < 4.78 is 32.1. The van der Waals surface area contributed by atoms with Gasteiger partial charge >= 0.3 is 12.1 Å². The van der Waals surface area contributed by atoms with E-state index >= 15 is 0 Å². The van der Waals surface area contributed by atoms with E-state index in [9.17, 15) is 19.1 Å². The maximum absolute atomic E-state index is 14.7. The van der Waals surface area contributed by atoms with Crippen molar-refractivity contribution in [2.24, 2.45) is 11.8 Å². The van der Waals surface area contributed by atoms with Gasteiger partial charge in [0.1, 0.15) is 18.0 Å². The molecule has 3 heterocycles. The van der Waals surface area contributed by atoms with Crippen LogP contribution < -0.4 is 4.90 Å². The highest BCUT2D eigenvalue weighted by molar-refractivity contribution is 5.71. The van der Waals surface area contributed by atoms with E-state index in [2.05, 4.69) is 30.6 Å². The average Bonchev–Trinajstić information content (AvgIpc) is 2.99. The Morgan fingerprint density at radius 1 is 1.02 bits per heavy atom. The molecular weight excluding hydrogens is 577 g/mol. The third kappa shape index (κ3) is 10.0. The third-order valence-electron chi connectivity index (χ3n) is 9.11. The van der Waals surface area contributed by atoms with E-state index in [0.717, 1.165) is 24.4 Å². The molecule has 0 bridgehead atoms. The largest absolute Gasteiger partial charge is 0.457 e. The smallest absolute Gasteiger partial charge is 0.410 e. The molecule has 1 amide bonds. The number of hydrogen-bond acceptors (Lipinski definition) is 8. The van der Waals surface area contributed by atoms with Crippen molar-refractivity contribution in [1.29, 1.82) is 0 Å². The number of carbonyl (C=O) groups is 2. The summed E-state index contributed by atoms with van der Waals surface area (Å²) in [4.78, 5) is 32.4. The lowest BCUT2D eigenvalue weighted by Crippen LogP contribution is -2.55. The molecule has 1 aromatic rings. The van der Waals surface area contributed by atoms with Gasteiger partial charge in [-0.25, -0.2) is 9.18 Å². The van der Waals surface area contributed by atoms with Crippen molar-refractivity contribution in [2.75, 3.05) is 57.4 Å². The summed E-state index contributed by atoms with van der Waals surface area (Å²) in [6.45, 7) is 17.7. The minimum atomic E-state index is -0.871. The third-order valence-corrected chi connectivity index (χ3v) is 9.11. The van der Waals surface area contributed by atoms with E-state index in [0.29, 0.717) is 57.8 Å². The van der Waals surface area contributed by atoms with E-state index in [1.807, 2.05) is 45.1 Å². The first-order valence-electron chi connectivity index (χ1n) is 16.4. The van der Waals surface area contributed by atoms with Crippen LogP contribution in [0.15, 0.2) is 35.9 Å². The van der Waals surface area contributed by atoms with Gasteiger partial charge in [0.2, 0.25) is 0 Å². The molecule has 0 aliphatic carbocycles. The lowest BCUT2D eigenvalue weighted by Gasteiger charge is -2.42. The highest BCUT2D eigenvalue weighted by Crippen LogP contribution is 2.28. The van der Waals surface area contributed by atoms with Gasteiger partial charge in [-0.2, -0.15) is 0 Å². The molecule has 45 heavy (non-hydrogen) atoms.